The number of aryl methyl sites for hydroxylation is 1. The molecule has 7 heteroatoms. The Hall–Kier alpha value is -1.08. The lowest BCUT2D eigenvalue weighted by Crippen LogP contribution is -2.42. The van der Waals surface area contributed by atoms with Crippen LogP contribution in [0.25, 0.3) is 5.57 Å². The zero-order valence-electron chi connectivity index (χ0n) is 12.7. The molecule has 0 saturated carbocycles. The Morgan fingerprint density at radius 3 is 2.91 bits per heavy atom. The number of halogens is 2. The van der Waals surface area contributed by atoms with E-state index in [0.29, 0.717) is 34.9 Å². The van der Waals surface area contributed by atoms with Crippen molar-refractivity contribution < 1.29 is 19.0 Å². The first-order valence-electron chi connectivity index (χ1n) is 7.33. The largest absolute Gasteiger partial charge is 0.478 e. The van der Waals surface area contributed by atoms with Crippen molar-refractivity contribution in [3.05, 3.63) is 38.5 Å². The summed E-state index contributed by atoms with van der Waals surface area (Å²) in [5.41, 5.74) is 6.55. The molecule has 1 spiro atoms. The molecule has 2 aliphatic heterocycles. The van der Waals surface area contributed by atoms with Crippen molar-refractivity contribution in [3.63, 3.8) is 0 Å². The number of carbonyl (C=O) groups excluding carboxylic acids is 1. The average molecular weight is 403 g/mol. The Balaban J connectivity index is 2.17. The highest BCUT2D eigenvalue weighted by Crippen LogP contribution is 2.45. The molecule has 2 heterocycles. The van der Waals surface area contributed by atoms with E-state index in [1.807, 2.05) is 13.0 Å². The Labute approximate surface area is 147 Å². The van der Waals surface area contributed by atoms with E-state index in [1.165, 1.54) is 0 Å². The second-order valence-corrected chi connectivity index (χ2v) is 6.90. The first-order valence-corrected chi connectivity index (χ1v) is 8.50. The molecule has 0 bridgehead atoms. The van der Waals surface area contributed by atoms with E-state index in [0.717, 1.165) is 16.5 Å². The van der Waals surface area contributed by atoms with E-state index in [1.54, 1.807) is 6.07 Å². The molecule has 0 aliphatic carbocycles. The Morgan fingerprint density at radius 2 is 2.26 bits per heavy atom. The standard InChI is InChI=1S/C16H17BrClNO4/c1-9-5-10(12(18)6-11(9)17)13-14(22-8-19)16(23-15(13)20)3-2-4-21-7-16/h5-6H,2-4,7-8,19H2,1H3. The fraction of sp³-hybridized carbons (Fsp3) is 0.438. The van der Waals surface area contributed by atoms with E-state index in [4.69, 9.17) is 31.5 Å². The predicted octanol–water partition coefficient (Wildman–Crippen LogP) is 3.16. The summed E-state index contributed by atoms with van der Waals surface area (Å²) in [4.78, 5) is 12.6. The highest BCUT2D eigenvalue weighted by Gasteiger charge is 2.51. The van der Waals surface area contributed by atoms with Gasteiger partial charge in [-0.15, -0.1) is 0 Å². The molecule has 2 aliphatic rings. The van der Waals surface area contributed by atoms with E-state index in [2.05, 4.69) is 15.9 Å². The highest BCUT2D eigenvalue weighted by atomic mass is 79.9. The van der Waals surface area contributed by atoms with Gasteiger partial charge in [0.25, 0.3) is 0 Å². The van der Waals surface area contributed by atoms with Crippen LogP contribution in [0.15, 0.2) is 22.4 Å². The zero-order chi connectivity index (χ0) is 16.6. The summed E-state index contributed by atoms with van der Waals surface area (Å²) in [5, 5.41) is 0.446. The lowest BCUT2D eigenvalue weighted by atomic mass is 9.91. The normalized spacial score (nSPS) is 24.3. The Kier molecular flexibility index (Phi) is 4.69. The van der Waals surface area contributed by atoms with Crippen LogP contribution in [0.4, 0.5) is 0 Å². The Bertz CT molecular complexity index is 683. The van der Waals surface area contributed by atoms with Crippen molar-refractivity contribution in [2.24, 2.45) is 5.73 Å². The van der Waals surface area contributed by atoms with Gasteiger partial charge >= 0.3 is 5.97 Å². The summed E-state index contributed by atoms with van der Waals surface area (Å²) in [6.07, 6.45) is 1.43. The lowest BCUT2D eigenvalue weighted by molar-refractivity contribution is -0.160. The molecule has 1 atom stereocenters. The van der Waals surface area contributed by atoms with E-state index in [-0.39, 0.29) is 13.3 Å². The molecule has 1 saturated heterocycles. The smallest absolute Gasteiger partial charge is 0.343 e. The van der Waals surface area contributed by atoms with Gasteiger partial charge in [-0.25, -0.2) is 4.79 Å². The number of rotatable bonds is 3. The van der Waals surface area contributed by atoms with Crippen LogP contribution in [0.3, 0.4) is 0 Å². The number of nitrogens with two attached hydrogens (primary N) is 1. The van der Waals surface area contributed by atoms with Gasteiger partial charge in [-0.3, -0.25) is 5.73 Å². The van der Waals surface area contributed by atoms with Gasteiger partial charge in [0.1, 0.15) is 12.3 Å². The van der Waals surface area contributed by atoms with Crippen molar-refractivity contribution in [1.82, 2.24) is 0 Å². The zero-order valence-corrected chi connectivity index (χ0v) is 15.0. The predicted molar refractivity (Wildman–Crippen MR) is 89.8 cm³/mol. The molecular weight excluding hydrogens is 386 g/mol. The monoisotopic (exact) mass is 401 g/mol. The maximum atomic E-state index is 12.6. The summed E-state index contributed by atoms with van der Waals surface area (Å²) >= 11 is 9.78. The SMILES string of the molecule is Cc1cc(C2=C(OCN)C3(CCCOC3)OC2=O)c(Cl)cc1Br. The molecule has 0 amide bonds. The molecule has 0 radical (unpaired) electrons. The molecular formula is C16H17BrClNO4. The van der Waals surface area contributed by atoms with Crippen molar-refractivity contribution in [2.45, 2.75) is 25.4 Å². The molecule has 23 heavy (non-hydrogen) atoms. The van der Waals surface area contributed by atoms with Gasteiger partial charge in [0.05, 0.1) is 6.61 Å². The van der Waals surface area contributed by atoms with Crippen molar-refractivity contribution in [3.8, 4) is 0 Å². The van der Waals surface area contributed by atoms with Gasteiger partial charge in [-0.2, -0.15) is 0 Å². The minimum absolute atomic E-state index is 0.0512. The van der Waals surface area contributed by atoms with Gasteiger partial charge < -0.3 is 14.2 Å². The van der Waals surface area contributed by atoms with E-state index < -0.39 is 11.6 Å². The van der Waals surface area contributed by atoms with Crippen LogP contribution in [0.2, 0.25) is 5.02 Å². The summed E-state index contributed by atoms with van der Waals surface area (Å²) in [6, 6.07) is 3.60. The van der Waals surface area contributed by atoms with Gasteiger partial charge in [0.2, 0.25) is 0 Å². The first-order chi connectivity index (χ1) is 11.0. The number of hydrogen-bond donors (Lipinski definition) is 1. The van der Waals surface area contributed by atoms with Crippen molar-refractivity contribution >= 4 is 39.1 Å². The summed E-state index contributed by atoms with van der Waals surface area (Å²) in [7, 11) is 0. The summed E-state index contributed by atoms with van der Waals surface area (Å²) < 4.78 is 17.7. The minimum atomic E-state index is -0.895. The van der Waals surface area contributed by atoms with Crippen molar-refractivity contribution in [1.29, 1.82) is 0 Å². The lowest BCUT2D eigenvalue weighted by Gasteiger charge is -2.33. The Morgan fingerprint density at radius 1 is 1.48 bits per heavy atom. The third kappa shape index (κ3) is 2.89. The molecule has 0 aromatic heterocycles. The van der Waals surface area contributed by atoms with Crippen LogP contribution in [0.5, 0.6) is 0 Å². The fourth-order valence-corrected chi connectivity index (χ4v) is 3.73. The third-order valence-corrected chi connectivity index (χ3v) is 5.25. The molecule has 1 aromatic rings. The van der Waals surface area contributed by atoms with E-state index in [9.17, 15) is 4.79 Å². The number of esters is 1. The van der Waals surface area contributed by atoms with Gasteiger partial charge in [-0.1, -0.05) is 27.5 Å². The van der Waals surface area contributed by atoms with Crippen LogP contribution < -0.4 is 5.73 Å². The molecule has 1 aromatic carbocycles. The van der Waals surface area contributed by atoms with Crippen molar-refractivity contribution in [2.75, 3.05) is 19.9 Å². The number of benzene rings is 1. The van der Waals surface area contributed by atoms with Crippen LogP contribution in [-0.2, 0) is 19.0 Å². The van der Waals surface area contributed by atoms with Crippen LogP contribution >= 0.6 is 27.5 Å². The van der Waals surface area contributed by atoms with Crippen LogP contribution in [0.1, 0.15) is 24.0 Å². The van der Waals surface area contributed by atoms with Gasteiger partial charge in [0, 0.05) is 21.7 Å². The maximum Gasteiger partial charge on any atom is 0.343 e. The van der Waals surface area contributed by atoms with Gasteiger partial charge in [0.15, 0.2) is 11.4 Å². The van der Waals surface area contributed by atoms with Crippen LogP contribution in [-0.4, -0.2) is 31.5 Å². The molecule has 3 rings (SSSR count). The highest BCUT2D eigenvalue weighted by molar-refractivity contribution is 9.10. The third-order valence-electron chi connectivity index (χ3n) is 4.08. The quantitative estimate of drug-likeness (QED) is 0.621. The fourth-order valence-electron chi connectivity index (χ4n) is 2.99. The minimum Gasteiger partial charge on any atom is -0.478 e. The molecule has 1 unspecified atom stereocenters. The second-order valence-electron chi connectivity index (χ2n) is 5.64. The number of ether oxygens (including phenoxy) is 3. The molecule has 5 nitrogen and oxygen atoms in total. The van der Waals surface area contributed by atoms with Gasteiger partial charge in [-0.05, 0) is 37.5 Å². The maximum absolute atomic E-state index is 12.6. The molecule has 124 valence electrons. The number of hydrogen-bond acceptors (Lipinski definition) is 5. The summed E-state index contributed by atoms with van der Waals surface area (Å²) in [5.74, 6) is -0.0316. The van der Waals surface area contributed by atoms with E-state index >= 15 is 0 Å². The van der Waals surface area contributed by atoms with Crippen LogP contribution in [0, 0.1) is 6.92 Å². The topological polar surface area (TPSA) is 70.8 Å². The second kappa shape index (κ2) is 6.43. The number of carbonyl (C=O) groups is 1. The molecule has 1 fully saturated rings. The summed E-state index contributed by atoms with van der Waals surface area (Å²) in [6.45, 7) is 2.78. The molecule has 2 N–H and O–H groups in total. The first kappa shape index (κ1) is 16.8. The average Bonchev–Trinajstić information content (AvgIpc) is 2.76.